The van der Waals surface area contributed by atoms with Crippen molar-refractivity contribution in [3.05, 3.63) is 11.3 Å². The Morgan fingerprint density at radius 2 is 1.80 bits per heavy atom. The van der Waals surface area contributed by atoms with E-state index in [2.05, 4.69) is 5.32 Å². The van der Waals surface area contributed by atoms with E-state index < -0.39 is 0 Å². The minimum Gasteiger partial charge on any atom is -0.463 e. The Bertz CT molecular complexity index is 280. The lowest BCUT2D eigenvalue weighted by Crippen LogP contribution is -2.24. The zero-order valence-corrected chi connectivity index (χ0v) is 10.0. The third-order valence-corrected chi connectivity index (χ3v) is 1.84. The Morgan fingerprint density at radius 3 is 2.13 bits per heavy atom. The maximum Gasteiger partial charge on any atom is 0.336 e. The van der Waals surface area contributed by atoms with Gasteiger partial charge in [-0.05, 0) is 19.8 Å². The van der Waals surface area contributed by atoms with Crippen LogP contribution in [0.15, 0.2) is 11.3 Å². The minimum atomic E-state index is -0.362. The molecule has 0 radical (unpaired) electrons. The van der Waals surface area contributed by atoms with Gasteiger partial charge in [0.05, 0.1) is 12.2 Å². The number of hydrogen-bond donors (Lipinski definition) is 1. The summed E-state index contributed by atoms with van der Waals surface area (Å²) in [6, 6.07) is 0. The van der Waals surface area contributed by atoms with E-state index in [1.165, 1.54) is 6.92 Å². The van der Waals surface area contributed by atoms with Crippen molar-refractivity contribution >= 4 is 11.9 Å². The van der Waals surface area contributed by atoms with Crippen LogP contribution in [-0.4, -0.2) is 18.5 Å². The Hall–Kier alpha value is -1.32. The van der Waals surface area contributed by atoms with Crippen LogP contribution in [0.4, 0.5) is 0 Å². The molecule has 86 valence electrons. The second-order valence-corrected chi connectivity index (χ2v) is 3.60. The second-order valence-electron chi connectivity index (χ2n) is 3.60. The fraction of sp³-hybridized carbons (Fsp3) is 0.636. The standard InChI is InChI=1S/C11H19NO3/c1-6-15-11(14)10(7(2)3)8(4)12-9(5)13/h7H,6H2,1-5H3,(H,12,13)/b10-8-. The number of carbonyl (C=O) groups excluding carboxylic acids is 2. The van der Waals surface area contributed by atoms with Crippen molar-refractivity contribution in [2.45, 2.75) is 34.6 Å². The lowest BCUT2D eigenvalue weighted by atomic mass is 10.0. The van der Waals surface area contributed by atoms with Gasteiger partial charge in [-0.2, -0.15) is 0 Å². The Kier molecular flexibility index (Phi) is 5.67. The van der Waals surface area contributed by atoms with Crippen LogP contribution < -0.4 is 5.32 Å². The largest absolute Gasteiger partial charge is 0.463 e. The van der Waals surface area contributed by atoms with Gasteiger partial charge in [0.15, 0.2) is 0 Å². The van der Waals surface area contributed by atoms with Crippen LogP contribution in [0.25, 0.3) is 0 Å². The molecule has 0 bridgehead atoms. The summed E-state index contributed by atoms with van der Waals surface area (Å²) in [6.07, 6.45) is 0. The number of nitrogens with one attached hydrogen (secondary N) is 1. The van der Waals surface area contributed by atoms with Crippen molar-refractivity contribution in [3.63, 3.8) is 0 Å². The zero-order valence-electron chi connectivity index (χ0n) is 10.0. The van der Waals surface area contributed by atoms with Gasteiger partial charge in [0.25, 0.3) is 0 Å². The molecule has 0 atom stereocenters. The van der Waals surface area contributed by atoms with Crippen molar-refractivity contribution in [3.8, 4) is 0 Å². The fourth-order valence-electron chi connectivity index (χ4n) is 1.36. The van der Waals surface area contributed by atoms with Crippen LogP contribution in [0.5, 0.6) is 0 Å². The second kappa shape index (κ2) is 6.22. The number of rotatable bonds is 4. The van der Waals surface area contributed by atoms with E-state index in [-0.39, 0.29) is 17.8 Å². The molecule has 0 aromatic heterocycles. The maximum absolute atomic E-state index is 11.6. The predicted octanol–water partition coefficient (Wildman–Crippen LogP) is 1.62. The van der Waals surface area contributed by atoms with Gasteiger partial charge in [0, 0.05) is 12.6 Å². The van der Waals surface area contributed by atoms with Gasteiger partial charge in [0.2, 0.25) is 5.91 Å². The summed E-state index contributed by atoms with van der Waals surface area (Å²) in [5.74, 6) is -0.524. The van der Waals surface area contributed by atoms with Gasteiger partial charge in [-0.1, -0.05) is 13.8 Å². The van der Waals surface area contributed by atoms with E-state index in [0.717, 1.165) is 0 Å². The van der Waals surface area contributed by atoms with Crippen molar-refractivity contribution in [1.82, 2.24) is 5.32 Å². The lowest BCUT2D eigenvalue weighted by Gasteiger charge is -2.14. The van der Waals surface area contributed by atoms with E-state index in [9.17, 15) is 9.59 Å². The lowest BCUT2D eigenvalue weighted by molar-refractivity contribution is -0.139. The molecule has 4 heteroatoms. The smallest absolute Gasteiger partial charge is 0.336 e. The van der Waals surface area contributed by atoms with Gasteiger partial charge in [-0.25, -0.2) is 4.79 Å². The third-order valence-electron chi connectivity index (χ3n) is 1.84. The van der Waals surface area contributed by atoms with Crippen LogP contribution >= 0.6 is 0 Å². The molecule has 1 N–H and O–H groups in total. The highest BCUT2D eigenvalue weighted by Gasteiger charge is 2.18. The summed E-state index contributed by atoms with van der Waals surface area (Å²) < 4.78 is 4.92. The first-order chi connectivity index (χ1) is 6.90. The number of ether oxygens (including phenoxy) is 1. The SMILES string of the molecule is CCOC(=O)/C(=C(/C)NC(C)=O)C(C)C. The average Bonchev–Trinajstić information content (AvgIpc) is 2.01. The minimum absolute atomic E-state index is 0.0240. The van der Waals surface area contributed by atoms with Crippen molar-refractivity contribution in [2.75, 3.05) is 6.61 Å². The Morgan fingerprint density at radius 1 is 1.27 bits per heavy atom. The molecular formula is C11H19NO3. The number of hydrogen-bond acceptors (Lipinski definition) is 3. The van der Waals surface area contributed by atoms with Crippen LogP contribution in [0.2, 0.25) is 0 Å². The molecule has 0 heterocycles. The average molecular weight is 213 g/mol. The molecule has 0 aliphatic heterocycles. The molecule has 0 aliphatic carbocycles. The zero-order chi connectivity index (χ0) is 12.0. The molecule has 0 spiro atoms. The summed E-state index contributed by atoms with van der Waals surface area (Å²) in [6.45, 7) is 8.97. The quantitative estimate of drug-likeness (QED) is 0.570. The molecule has 0 aromatic carbocycles. The number of amides is 1. The highest BCUT2D eigenvalue weighted by Crippen LogP contribution is 2.15. The summed E-state index contributed by atoms with van der Waals surface area (Å²) in [7, 11) is 0. The van der Waals surface area contributed by atoms with Gasteiger partial charge in [-0.15, -0.1) is 0 Å². The molecule has 0 aromatic rings. The molecule has 0 aliphatic rings. The monoisotopic (exact) mass is 213 g/mol. The number of allylic oxidation sites excluding steroid dienone is 1. The van der Waals surface area contributed by atoms with Crippen LogP contribution in [0, 0.1) is 5.92 Å². The van der Waals surface area contributed by atoms with Gasteiger partial charge < -0.3 is 10.1 Å². The first kappa shape index (κ1) is 13.7. The first-order valence-corrected chi connectivity index (χ1v) is 5.05. The fourth-order valence-corrected chi connectivity index (χ4v) is 1.36. The molecule has 0 saturated carbocycles. The first-order valence-electron chi connectivity index (χ1n) is 5.05. The predicted molar refractivity (Wildman–Crippen MR) is 58.0 cm³/mol. The summed E-state index contributed by atoms with van der Waals surface area (Å²) in [5.41, 5.74) is 1.09. The Balaban J connectivity index is 4.92. The van der Waals surface area contributed by atoms with Crippen LogP contribution in [0.3, 0.4) is 0 Å². The van der Waals surface area contributed by atoms with Crippen LogP contribution in [0.1, 0.15) is 34.6 Å². The molecule has 0 saturated heterocycles. The molecule has 0 rings (SSSR count). The van der Waals surface area contributed by atoms with Crippen molar-refractivity contribution in [2.24, 2.45) is 5.92 Å². The third kappa shape index (κ3) is 4.63. The van der Waals surface area contributed by atoms with Crippen molar-refractivity contribution in [1.29, 1.82) is 0 Å². The highest BCUT2D eigenvalue weighted by molar-refractivity contribution is 5.90. The Labute approximate surface area is 90.7 Å². The van der Waals surface area contributed by atoms with E-state index in [4.69, 9.17) is 4.74 Å². The maximum atomic E-state index is 11.6. The summed E-state index contributed by atoms with van der Waals surface area (Å²) >= 11 is 0. The molecular weight excluding hydrogens is 194 g/mol. The molecule has 4 nitrogen and oxygen atoms in total. The van der Waals surface area contributed by atoms with Gasteiger partial charge >= 0.3 is 5.97 Å². The normalized spacial score (nSPS) is 12.1. The molecule has 0 unspecified atom stereocenters. The van der Waals surface area contributed by atoms with E-state index in [1.54, 1.807) is 13.8 Å². The topological polar surface area (TPSA) is 55.4 Å². The van der Waals surface area contributed by atoms with E-state index in [0.29, 0.717) is 17.9 Å². The molecule has 15 heavy (non-hydrogen) atoms. The van der Waals surface area contributed by atoms with E-state index >= 15 is 0 Å². The van der Waals surface area contributed by atoms with Gasteiger partial charge in [0.1, 0.15) is 0 Å². The summed E-state index contributed by atoms with van der Waals surface area (Å²) in [4.78, 5) is 22.4. The van der Waals surface area contributed by atoms with E-state index in [1.807, 2.05) is 13.8 Å². The van der Waals surface area contributed by atoms with Crippen LogP contribution in [-0.2, 0) is 14.3 Å². The molecule has 1 amide bonds. The van der Waals surface area contributed by atoms with Gasteiger partial charge in [-0.3, -0.25) is 4.79 Å². The summed E-state index contributed by atoms with van der Waals surface area (Å²) in [5, 5.41) is 2.60. The molecule has 0 fully saturated rings. The highest BCUT2D eigenvalue weighted by atomic mass is 16.5. The van der Waals surface area contributed by atoms with Crippen molar-refractivity contribution < 1.29 is 14.3 Å². The number of esters is 1. The number of carbonyl (C=O) groups is 2.